The number of aromatic nitrogens is 2. The summed E-state index contributed by atoms with van der Waals surface area (Å²) in [6, 6.07) is 10.1. The average molecular weight is 387 g/mol. The summed E-state index contributed by atoms with van der Waals surface area (Å²) in [5, 5.41) is 9.02. The molecule has 0 aliphatic heterocycles. The average Bonchev–Trinajstić information content (AvgIpc) is 3.08. The Labute approximate surface area is 159 Å². The smallest absolute Gasteiger partial charge is 0.335 e. The quantitative estimate of drug-likeness (QED) is 0.664. The van der Waals surface area contributed by atoms with Gasteiger partial charge in [-0.2, -0.15) is 4.98 Å². The zero-order valence-corrected chi connectivity index (χ0v) is 15.3. The number of nitrogens with zero attached hydrogens (tertiary/aromatic N) is 2. The van der Waals surface area contributed by atoms with Gasteiger partial charge in [-0.1, -0.05) is 11.6 Å². The molecule has 26 heavy (non-hydrogen) atoms. The van der Waals surface area contributed by atoms with Gasteiger partial charge in [-0.15, -0.1) is 11.3 Å². The molecule has 3 aromatic rings. The van der Waals surface area contributed by atoms with Crippen molar-refractivity contribution >= 4 is 28.9 Å². The first kappa shape index (κ1) is 17.0. The highest BCUT2D eigenvalue weighted by atomic mass is 35.5. The van der Waals surface area contributed by atoms with Crippen molar-refractivity contribution in [1.82, 2.24) is 9.97 Å². The lowest BCUT2D eigenvalue weighted by Crippen LogP contribution is -2.10. The molecule has 5 nitrogen and oxygen atoms in total. The Kier molecular flexibility index (Phi) is 4.61. The van der Waals surface area contributed by atoms with E-state index in [2.05, 4.69) is 4.98 Å². The van der Waals surface area contributed by atoms with Crippen LogP contribution in [0.4, 0.5) is 0 Å². The van der Waals surface area contributed by atoms with Crippen LogP contribution in [0.2, 0.25) is 4.34 Å². The van der Waals surface area contributed by atoms with Gasteiger partial charge in [0.2, 0.25) is 5.88 Å². The van der Waals surface area contributed by atoms with Gasteiger partial charge in [-0.05, 0) is 62.1 Å². The zero-order valence-electron chi connectivity index (χ0n) is 13.7. The van der Waals surface area contributed by atoms with Crippen molar-refractivity contribution in [3.05, 3.63) is 57.6 Å². The summed E-state index contributed by atoms with van der Waals surface area (Å²) in [6.07, 6.45) is 3.96. The lowest BCUT2D eigenvalue weighted by atomic mass is 9.97. The van der Waals surface area contributed by atoms with Crippen LogP contribution in [-0.2, 0) is 12.8 Å². The number of carboxylic acids is 1. The summed E-state index contributed by atoms with van der Waals surface area (Å²) >= 11 is 7.48. The van der Waals surface area contributed by atoms with Gasteiger partial charge in [0.1, 0.15) is 5.75 Å². The third kappa shape index (κ3) is 3.43. The maximum atomic E-state index is 11.0. The molecule has 0 amide bonds. The summed E-state index contributed by atoms with van der Waals surface area (Å²) < 4.78 is 6.70. The molecule has 1 aromatic carbocycles. The normalized spacial score (nSPS) is 13.3. The molecule has 0 unspecified atom stereocenters. The molecule has 0 atom stereocenters. The summed E-state index contributed by atoms with van der Waals surface area (Å²) in [5.41, 5.74) is 2.27. The standard InChI is InChI=1S/C19H15ClN2O3S/c20-16-10-9-15(26-16)17-21-14-4-2-1-3-13(14)18(22-17)25-12-7-5-11(6-8-12)19(23)24/h5-10H,1-4H2,(H,23,24). The van der Waals surface area contributed by atoms with Gasteiger partial charge >= 0.3 is 5.97 Å². The largest absolute Gasteiger partial charge is 0.478 e. The maximum Gasteiger partial charge on any atom is 0.335 e. The first-order valence-electron chi connectivity index (χ1n) is 8.27. The van der Waals surface area contributed by atoms with E-state index in [1.54, 1.807) is 12.1 Å². The molecule has 7 heteroatoms. The van der Waals surface area contributed by atoms with Crippen molar-refractivity contribution in [2.75, 3.05) is 0 Å². The van der Waals surface area contributed by atoms with E-state index in [0.29, 0.717) is 21.8 Å². The number of fused-ring (bicyclic) bond motifs is 1. The SMILES string of the molecule is O=C(O)c1ccc(Oc2nc(-c3ccc(Cl)s3)nc3c2CCCC3)cc1. The number of hydrogen-bond donors (Lipinski definition) is 1. The number of halogens is 1. The highest BCUT2D eigenvalue weighted by Gasteiger charge is 2.21. The molecule has 0 bridgehead atoms. The predicted octanol–water partition coefficient (Wildman–Crippen LogP) is 5.23. The number of ether oxygens (including phenoxy) is 1. The third-order valence-corrected chi connectivity index (χ3v) is 5.48. The second kappa shape index (κ2) is 7.05. The minimum absolute atomic E-state index is 0.219. The van der Waals surface area contributed by atoms with Crippen LogP contribution in [0.25, 0.3) is 10.7 Å². The topological polar surface area (TPSA) is 72.3 Å². The van der Waals surface area contributed by atoms with Crippen LogP contribution in [0, 0.1) is 0 Å². The van der Waals surface area contributed by atoms with E-state index >= 15 is 0 Å². The van der Waals surface area contributed by atoms with E-state index in [1.165, 1.54) is 23.5 Å². The Hall–Kier alpha value is -2.44. The minimum Gasteiger partial charge on any atom is -0.478 e. The molecule has 4 rings (SSSR count). The molecule has 0 spiro atoms. The Balaban J connectivity index is 1.72. The lowest BCUT2D eigenvalue weighted by Gasteiger charge is -2.18. The number of carboxylic acid groups (broad SMARTS) is 1. The molecule has 0 fully saturated rings. The van der Waals surface area contributed by atoms with E-state index in [0.717, 1.165) is 41.8 Å². The highest BCUT2D eigenvalue weighted by Crippen LogP contribution is 2.35. The van der Waals surface area contributed by atoms with Gasteiger partial charge in [-0.25, -0.2) is 9.78 Å². The molecule has 2 heterocycles. The fraction of sp³-hybridized carbons (Fsp3) is 0.211. The molecule has 1 aliphatic carbocycles. The summed E-state index contributed by atoms with van der Waals surface area (Å²) in [4.78, 5) is 21.2. The molecule has 2 aromatic heterocycles. The Bertz CT molecular complexity index is 969. The van der Waals surface area contributed by atoms with Gasteiger partial charge < -0.3 is 9.84 Å². The maximum absolute atomic E-state index is 11.0. The molecule has 1 N–H and O–H groups in total. The number of carbonyl (C=O) groups is 1. The zero-order chi connectivity index (χ0) is 18.1. The van der Waals surface area contributed by atoms with Crippen molar-refractivity contribution in [3.8, 4) is 22.3 Å². The number of benzene rings is 1. The fourth-order valence-corrected chi connectivity index (χ4v) is 3.94. The van der Waals surface area contributed by atoms with Crippen LogP contribution in [0.1, 0.15) is 34.5 Å². The van der Waals surface area contributed by atoms with Crippen molar-refractivity contribution in [2.24, 2.45) is 0 Å². The van der Waals surface area contributed by atoms with Crippen LogP contribution in [0.5, 0.6) is 11.6 Å². The van der Waals surface area contributed by atoms with Gasteiger partial charge in [0.25, 0.3) is 0 Å². The van der Waals surface area contributed by atoms with Crippen LogP contribution in [0.3, 0.4) is 0 Å². The van der Waals surface area contributed by atoms with Crippen LogP contribution in [-0.4, -0.2) is 21.0 Å². The predicted molar refractivity (Wildman–Crippen MR) is 100 cm³/mol. The van der Waals surface area contributed by atoms with Crippen molar-refractivity contribution < 1.29 is 14.6 Å². The molecule has 0 saturated carbocycles. The molecule has 132 valence electrons. The number of aryl methyl sites for hydroxylation is 1. The number of aromatic carboxylic acids is 1. The van der Waals surface area contributed by atoms with Crippen molar-refractivity contribution in [1.29, 1.82) is 0 Å². The van der Waals surface area contributed by atoms with Crippen LogP contribution >= 0.6 is 22.9 Å². The van der Waals surface area contributed by atoms with Crippen molar-refractivity contribution in [3.63, 3.8) is 0 Å². The van der Waals surface area contributed by atoms with Gasteiger partial charge in [-0.3, -0.25) is 0 Å². The monoisotopic (exact) mass is 386 g/mol. The minimum atomic E-state index is -0.965. The molecular formula is C19H15ClN2O3S. The van der Waals surface area contributed by atoms with E-state index in [-0.39, 0.29) is 5.56 Å². The second-order valence-electron chi connectivity index (χ2n) is 6.02. The van der Waals surface area contributed by atoms with Crippen molar-refractivity contribution in [2.45, 2.75) is 25.7 Å². The number of thiophene rings is 1. The Morgan fingerprint density at radius 1 is 1.08 bits per heavy atom. The Morgan fingerprint density at radius 2 is 1.85 bits per heavy atom. The molecule has 0 radical (unpaired) electrons. The van der Waals surface area contributed by atoms with Crippen LogP contribution < -0.4 is 4.74 Å². The summed E-state index contributed by atoms with van der Waals surface area (Å²) in [7, 11) is 0. The summed E-state index contributed by atoms with van der Waals surface area (Å²) in [5.74, 6) is 0.737. The van der Waals surface area contributed by atoms with E-state index < -0.39 is 5.97 Å². The molecular weight excluding hydrogens is 372 g/mol. The lowest BCUT2D eigenvalue weighted by molar-refractivity contribution is 0.0697. The first-order valence-corrected chi connectivity index (χ1v) is 9.46. The second-order valence-corrected chi connectivity index (χ2v) is 7.74. The van der Waals surface area contributed by atoms with E-state index in [4.69, 9.17) is 26.4 Å². The van der Waals surface area contributed by atoms with E-state index in [9.17, 15) is 4.79 Å². The highest BCUT2D eigenvalue weighted by molar-refractivity contribution is 7.19. The molecule has 1 aliphatic rings. The summed E-state index contributed by atoms with van der Waals surface area (Å²) in [6.45, 7) is 0. The van der Waals surface area contributed by atoms with Gasteiger partial charge in [0.05, 0.1) is 20.5 Å². The third-order valence-electron chi connectivity index (χ3n) is 4.25. The van der Waals surface area contributed by atoms with E-state index in [1.807, 2.05) is 12.1 Å². The van der Waals surface area contributed by atoms with Gasteiger partial charge in [0, 0.05) is 5.56 Å². The first-order chi connectivity index (χ1) is 12.6. The van der Waals surface area contributed by atoms with Crippen LogP contribution in [0.15, 0.2) is 36.4 Å². The molecule has 0 saturated heterocycles. The number of hydrogen-bond acceptors (Lipinski definition) is 5. The number of rotatable bonds is 4. The van der Waals surface area contributed by atoms with Gasteiger partial charge in [0.15, 0.2) is 5.82 Å². The Morgan fingerprint density at radius 3 is 2.54 bits per heavy atom. The fourth-order valence-electron chi connectivity index (χ4n) is 2.97.